The van der Waals surface area contributed by atoms with Crippen LogP contribution in [0.15, 0.2) is 24.3 Å². The number of nitrogens with two attached hydrogens (primary N) is 1. The van der Waals surface area contributed by atoms with Crippen LogP contribution in [0.2, 0.25) is 0 Å². The summed E-state index contributed by atoms with van der Waals surface area (Å²) in [5, 5.41) is 36.0. The zero-order valence-corrected chi connectivity index (χ0v) is 15.5. The van der Waals surface area contributed by atoms with E-state index in [0.717, 1.165) is 6.42 Å². The number of phenols is 1. The van der Waals surface area contributed by atoms with Gasteiger partial charge in [0.05, 0.1) is 6.61 Å². The van der Waals surface area contributed by atoms with Gasteiger partial charge in [-0.2, -0.15) is 0 Å². The van der Waals surface area contributed by atoms with Crippen molar-refractivity contribution in [2.75, 3.05) is 13.2 Å². The van der Waals surface area contributed by atoms with Gasteiger partial charge in [-0.15, -0.1) is 0 Å². The van der Waals surface area contributed by atoms with E-state index < -0.39 is 30.7 Å². The zero-order chi connectivity index (χ0) is 19.4. The van der Waals surface area contributed by atoms with Gasteiger partial charge in [0.15, 0.2) is 6.29 Å². The first-order valence-corrected chi connectivity index (χ1v) is 8.82. The summed E-state index contributed by atoms with van der Waals surface area (Å²) < 4.78 is 9.86. The molecule has 2 aliphatic rings. The monoisotopic (exact) mass is 359 g/mol. The largest absolute Gasteiger partial charge is 0.508 e. The van der Waals surface area contributed by atoms with Crippen LogP contribution in [0.25, 0.3) is 0 Å². The van der Waals surface area contributed by atoms with Crippen LogP contribution in [-0.4, -0.2) is 64.3 Å². The summed E-state index contributed by atoms with van der Waals surface area (Å²) >= 11 is 0. The minimum atomic E-state index is -1.04. The van der Waals surface area contributed by atoms with Crippen LogP contribution >= 0.6 is 0 Å². The van der Waals surface area contributed by atoms with Gasteiger partial charge in [0.25, 0.3) is 0 Å². The van der Waals surface area contributed by atoms with Crippen LogP contribution in [0.1, 0.15) is 33.3 Å². The maximum absolute atomic E-state index is 9.22. The molecule has 3 rings (SSSR count). The Balaban J connectivity index is 0.000000387. The Kier molecular flexibility index (Phi) is 12.4. The molecule has 0 amide bonds. The smallest absolute Gasteiger partial charge is 0.187 e. The van der Waals surface area contributed by atoms with E-state index in [-0.39, 0.29) is 6.61 Å². The van der Waals surface area contributed by atoms with Crippen LogP contribution in [0.5, 0.6) is 5.75 Å². The molecule has 2 heterocycles. The van der Waals surface area contributed by atoms with E-state index in [9.17, 15) is 10.2 Å². The second-order valence-electron chi connectivity index (χ2n) is 5.01. The normalized spacial score (nSPS) is 28.7. The van der Waals surface area contributed by atoms with E-state index in [1.807, 2.05) is 39.8 Å². The van der Waals surface area contributed by atoms with Gasteiger partial charge in [0, 0.05) is 0 Å². The van der Waals surface area contributed by atoms with Crippen molar-refractivity contribution in [1.29, 1.82) is 0 Å². The first kappa shape index (κ1) is 23.8. The van der Waals surface area contributed by atoms with Gasteiger partial charge in [-0.3, -0.25) is 0 Å². The van der Waals surface area contributed by atoms with E-state index >= 15 is 0 Å². The van der Waals surface area contributed by atoms with E-state index in [1.165, 1.54) is 5.56 Å². The Labute approximate surface area is 150 Å². The maximum Gasteiger partial charge on any atom is 0.187 e. The molecule has 7 nitrogen and oxygen atoms in total. The molecule has 5 unspecified atom stereocenters. The number of hydrogen-bond acceptors (Lipinski definition) is 7. The maximum atomic E-state index is 9.22. The van der Waals surface area contributed by atoms with Crippen LogP contribution in [0.3, 0.4) is 0 Å². The quantitative estimate of drug-likeness (QED) is 0.504. The lowest BCUT2D eigenvalue weighted by molar-refractivity contribution is -0.144. The first-order valence-electron chi connectivity index (χ1n) is 8.82. The number of benzene rings is 1. The first-order chi connectivity index (χ1) is 12.1. The molecule has 2 saturated heterocycles. The number of aliphatic hydroxyl groups is 3. The molecule has 0 spiro atoms. The second-order valence-corrected chi connectivity index (χ2v) is 5.01. The summed E-state index contributed by atoms with van der Waals surface area (Å²) in [7, 11) is 0. The van der Waals surface area contributed by atoms with Crippen molar-refractivity contribution in [3.63, 3.8) is 0 Å². The summed E-state index contributed by atoms with van der Waals surface area (Å²) in [5.74, 6) is 0.306. The Bertz CT molecular complexity index is 442. The van der Waals surface area contributed by atoms with E-state index in [0.29, 0.717) is 12.3 Å². The van der Waals surface area contributed by atoms with Crippen LogP contribution < -0.4 is 5.73 Å². The minimum absolute atomic E-state index is 0.301. The van der Waals surface area contributed by atoms with Gasteiger partial charge in [-0.25, -0.2) is 0 Å². The van der Waals surface area contributed by atoms with Crippen molar-refractivity contribution in [2.45, 2.75) is 64.8 Å². The molecule has 146 valence electrons. The highest BCUT2D eigenvalue weighted by Crippen LogP contribution is 2.35. The zero-order valence-electron chi connectivity index (χ0n) is 15.5. The van der Waals surface area contributed by atoms with E-state index in [4.69, 9.17) is 25.4 Å². The molecule has 1 aromatic carbocycles. The highest BCUT2D eigenvalue weighted by Gasteiger charge is 2.55. The van der Waals surface area contributed by atoms with Crippen molar-refractivity contribution in [2.24, 2.45) is 5.73 Å². The third-order valence-electron chi connectivity index (χ3n) is 3.41. The highest BCUT2D eigenvalue weighted by atomic mass is 16.8. The molecule has 0 aliphatic carbocycles. The SMILES string of the molecule is CC.CC.NCCc1ccc(O)cc1.OCC1OC2OC2C(O)C1O. The lowest BCUT2D eigenvalue weighted by atomic mass is 10.0. The summed E-state index contributed by atoms with van der Waals surface area (Å²) in [6.07, 6.45) is -2.62. The topological polar surface area (TPSA) is 129 Å². The van der Waals surface area contributed by atoms with Gasteiger partial charge in [-0.05, 0) is 30.7 Å². The Hall–Kier alpha value is -1.22. The van der Waals surface area contributed by atoms with Gasteiger partial charge in [0.1, 0.15) is 30.2 Å². The molecule has 0 bridgehead atoms. The van der Waals surface area contributed by atoms with Crippen molar-refractivity contribution in [3.8, 4) is 5.75 Å². The highest BCUT2D eigenvalue weighted by molar-refractivity contribution is 5.25. The summed E-state index contributed by atoms with van der Waals surface area (Å²) in [4.78, 5) is 0. The van der Waals surface area contributed by atoms with Crippen molar-refractivity contribution < 1.29 is 29.9 Å². The molecule has 0 saturated carbocycles. The van der Waals surface area contributed by atoms with Crippen LogP contribution in [0, 0.1) is 0 Å². The average Bonchev–Trinajstić information content (AvgIpc) is 3.44. The third-order valence-corrected chi connectivity index (χ3v) is 3.41. The molecule has 1 aromatic rings. The summed E-state index contributed by atoms with van der Waals surface area (Å²) in [6.45, 7) is 8.36. The number of epoxide rings is 1. The Morgan fingerprint density at radius 3 is 2.00 bits per heavy atom. The van der Waals surface area contributed by atoms with Gasteiger partial charge in [0.2, 0.25) is 0 Å². The van der Waals surface area contributed by atoms with Gasteiger partial charge in [-0.1, -0.05) is 39.8 Å². The average molecular weight is 359 g/mol. The fraction of sp³-hybridized carbons (Fsp3) is 0.667. The minimum Gasteiger partial charge on any atom is -0.508 e. The number of aromatic hydroxyl groups is 1. The van der Waals surface area contributed by atoms with E-state index in [1.54, 1.807) is 12.1 Å². The summed E-state index contributed by atoms with van der Waals surface area (Å²) in [5.41, 5.74) is 6.50. The van der Waals surface area contributed by atoms with Crippen LogP contribution in [0.4, 0.5) is 0 Å². The van der Waals surface area contributed by atoms with Gasteiger partial charge >= 0.3 is 0 Å². The van der Waals surface area contributed by atoms with E-state index in [2.05, 4.69) is 0 Å². The fourth-order valence-corrected chi connectivity index (χ4v) is 2.11. The van der Waals surface area contributed by atoms with Crippen LogP contribution in [-0.2, 0) is 15.9 Å². The van der Waals surface area contributed by atoms with Crippen molar-refractivity contribution >= 4 is 0 Å². The number of ether oxygens (including phenoxy) is 2. The number of rotatable bonds is 3. The number of phenolic OH excluding ortho intramolecular Hbond substituents is 1. The molecule has 25 heavy (non-hydrogen) atoms. The lowest BCUT2D eigenvalue weighted by Gasteiger charge is -2.27. The molecule has 2 fully saturated rings. The Morgan fingerprint density at radius 1 is 0.960 bits per heavy atom. The fourth-order valence-electron chi connectivity index (χ4n) is 2.11. The second kappa shape index (κ2) is 13.0. The molecule has 7 heteroatoms. The molecule has 5 atom stereocenters. The predicted octanol–water partition coefficient (Wildman–Crippen LogP) is 0.770. The predicted molar refractivity (Wildman–Crippen MR) is 96.2 cm³/mol. The molecular weight excluding hydrogens is 326 g/mol. The standard InChI is InChI=1S/C8H11NO.C6H10O5.2C2H6/c9-6-5-7-1-3-8(10)4-2-7;7-1-2-3(8)4(9)5-6(10-2)11-5;2*1-2/h1-4,10H,5-6,9H2;2-9H,1H2;2*1-2H3. The molecular formula is C18H33NO6. The molecule has 6 N–H and O–H groups in total. The molecule has 0 radical (unpaired) electrons. The van der Waals surface area contributed by atoms with Crippen molar-refractivity contribution in [1.82, 2.24) is 0 Å². The number of hydrogen-bond donors (Lipinski definition) is 5. The molecule has 0 aromatic heterocycles. The number of aliphatic hydroxyl groups excluding tert-OH is 3. The number of fused-ring (bicyclic) bond motifs is 1. The lowest BCUT2D eigenvalue weighted by Crippen LogP contribution is -2.48. The van der Waals surface area contributed by atoms with Crippen molar-refractivity contribution in [3.05, 3.63) is 29.8 Å². The van der Waals surface area contributed by atoms with Gasteiger partial charge < -0.3 is 35.6 Å². The molecule has 2 aliphatic heterocycles. The summed E-state index contributed by atoms with van der Waals surface area (Å²) in [6, 6.07) is 7.10. The Morgan fingerprint density at radius 2 is 1.52 bits per heavy atom. The third kappa shape index (κ3) is 7.68.